The van der Waals surface area contributed by atoms with Crippen molar-refractivity contribution in [3.05, 3.63) is 60.2 Å². The van der Waals surface area contributed by atoms with Gasteiger partial charge in [-0.1, -0.05) is 24.3 Å². The molecule has 0 bridgehead atoms. The van der Waals surface area contributed by atoms with Gasteiger partial charge < -0.3 is 30.7 Å². The van der Waals surface area contributed by atoms with E-state index in [1.54, 1.807) is 31.4 Å². The van der Waals surface area contributed by atoms with Gasteiger partial charge in [-0.25, -0.2) is 8.42 Å². The van der Waals surface area contributed by atoms with Crippen molar-refractivity contribution >= 4 is 33.5 Å². The number of carbonyl (C=O) groups is 2. The van der Waals surface area contributed by atoms with Crippen LogP contribution in [-0.2, 0) is 19.6 Å². The van der Waals surface area contributed by atoms with Gasteiger partial charge in [0.2, 0.25) is 15.9 Å². The van der Waals surface area contributed by atoms with Crippen LogP contribution in [0.1, 0.15) is 36.0 Å². The van der Waals surface area contributed by atoms with E-state index in [4.69, 9.17) is 4.74 Å². The number of benzene rings is 2. The molecular weight excluding hydrogens is 524 g/mol. The second-order valence-corrected chi connectivity index (χ2v) is 11.0. The average Bonchev–Trinajstić information content (AvgIpc) is 2.96. The summed E-state index contributed by atoms with van der Waals surface area (Å²) in [5.41, 5.74) is 1.04. The Morgan fingerprint density at radius 1 is 1.15 bits per heavy atom. The molecular formula is C26H34N6O6S. The van der Waals surface area contributed by atoms with Crippen molar-refractivity contribution < 1.29 is 27.9 Å². The minimum atomic E-state index is -4.09. The van der Waals surface area contributed by atoms with Crippen LogP contribution in [0.15, 0.2) is 64.5 Å². The molecule has 1 amide bonds. The number of anilines is 1. The maximum atomic E-state index is 13.0. The smallest absolute Gasteiger partial charge is 0.323 e. The van der Waals surface area contributed by atoms with Crippen molar-refractivity contribution in [2.75, 3.05) is 38.2 Å². The highest BCUT2D eigenvalue weighted by Gasteiger charge is 2.41. The summed E-state index contributed by atoms with van der Waals surface area (Å²) in [6.45, 7) is 1.79. The number of amides is 1. The SMILES string of the molecule is COC1(NC2=NCCCN2)CCCCN1c1cccc(C(=O)NCC(NS(=O)(=O)c2ccccc2)C(=O)O)c1. The summed E-state index contributed by atoms with van der Waals surface area (Å²) in [4.78, 5) is 31.3. The van der Waals surface area contributed by atoms with Crippen LogP contribution in [0.3, 0.4) is 0 Å². The molecule has 0 aliphatic carbocycles. The van der Waals surface area contributed by atoms with E-state index in [2.05, 4.69) is 30.6 Å². The number of hydrogen-bond donors (Lipinski definition) is 5. The number of ether oxygens (including phenoxy) is 1. The summed E-state index contributed by atoms with van der Waals surface area (Å²) in [5.74, 6) is -2.14. The van der Waals surface area contributed by atoms with Crippen molar-refractivity contribution in [3.8, 4) is 0 Å². The Kier molecular flexibility index (Phi) is 9.04. The molecule has 2 aromatic rings. The van der Waals surface area contributed by atoms with Gasteiger partial charge >= 0.3 is 5.97 Å². The van der Waals surface area contributed by atoms with Crippen LogP contribution < -0.4 is 25.6 Å². The van der Waals surface area contributed by atoms with E-state index >= 15 is 0 Å². The predicted octanol–water partition coefficient (Wildman–Crippen LogP) is 1.08. The highest BCUT2D eigenvalue weighted by molar-refractivity contribution is 7.89. The molecule has 2 aliphatic heterocycles. The average molecular weight is 559 g/mol. The Morgan fingerprint density at radius 2 is 1.95 bits per heavy atom. The molecule has 2 atom stereocenters. The fourth-order valence-corrected chi connectivity index (χ4v) is 5.84. The molecule has 0 spiro atoms. The van der Waals surface area contributed by atoms with E-state index in [0.717, 1.165) is 38.0 Å². The molecule has 13 heteroatoms. The van der Waals surface area contributed by atoms with E-state index in [1.165, 1.54) is 24.3 Å². The molecule has 2 heterocycles. The van der Waals surface area contributed by atoms with E-state index in [9.17, 15) is 23.1 Å². The highest BCUT2D eigenvalue weighted by Crippen LogP contribution is 2.32. The maximum Gasteiger partial charge on any atom is 0.323 e. The molecule has 5 N–H and O–H groups in total. The molecule has 0 radical (unpaired) electrons. The summed E-state index contributed by atoms with van der Waals surface area (Å²) >= 11 is 0. The first-order valence-corrected chi connectivity index (χ1v) is 14.3. The number of sulfonamides is 1. The van der Waals surface area contributed by atoms with Crippen LogP contribution in [0.5, 0.6) is 0 Å². The molecule has 0 aromatic heterocycles. The Balaban J connectivity index is 1.47. The van der Waals surface area contributed by atoms with Crippen molar-refractivity contribution in [3.63, 3.8) is 0 Å². The number of rotatable bonds is 10. The van der Waals surface area contributed by atoms with Gasteiger partial charge in [0.05, 0.1) is 4.90 Å². The zero-order valence-electron chi connectivity index (χ0n) is 21.7. The van der Waals surface area contributed by atoms with E-state index in [-0.39, 0.29) is 4.90 Å². The molecule has 210 valence electrons. The molecule has 39 heavy (non-hydrogen) atoms. The number of piperidine rings is 1. The minimum Gasteiger partial charge on any atom is -0.480 e. The van der Waals surface area contributed by atoms with Gasteiger partial charge in [-0.15, -0.1) is 0 Å². The number of methoxy groups -OCH3 is 1. The van der Waals surface area contributed by atoms with Gasteiger partial charge in [-0.2, -0.15) is 4.72 Å². The van der Waals surface area contributed by atoms with Crippen LogP contribution in [0.2, 0.25) is 0 Å². The predicted molar refractivity (Wildman–Crippen MR) is 146 cm³/mol. The molecule has 2 unspecified atom stereocenters. The number of nitrogens with one attached hydrogen (secondary N) is 4. The minimum absolute atomic E-state index is 0.0681. The lowest BCUT2D eigenvalue weighted by molar-refractivity contribution is -0.138. The molecule has 1 fully saturated rings. The summed E-state index contributed by atoms with van der Waals surface area (Å²) in [6.07, 6.45) is 3.54. The van der Waals surface area contributed by atoms with Gasteiger partial charge in [-0.05, 0) is 49.6 Å². The number of hydrogen-bond acceptors (Lipinski definition) is 9. The van der Waals surface area contributed by atoms with Crippen molar-refractivity contribution in [2.24, 2.45) is 4.99 Å². The maximum absolute atomic E-state index is 13.0. The number of aliphatic carboxylic acids is 1. The van der Waals surface area contributed by atoms with E-state index < -0.39 is 40.3 Å². The molecule has 12 nitrogen and oxygen atoms in total. The Hall–Kier alpha value is -3.68. The second kappa shape index (κ2) is 12.5. The van der Waals surface area contributed by atoms with Gasteiger partial charge in [0.15, 0.2) is 5.96 Å². The number of carboxylic acids is 1. The highest BCUT2D eigenvalue weighted by atomic mass is 32.2. The van der Waals surface area contributed by atoms with E-state index in [0.29, 0.717) is 24.5 Å². The quantitative estimate of drug-likeness (QED) is 0.269. The van der Waals surface area contributed by atoms with Crippen molar-refractivity contribution in [1.29, 1.82) is 0 Å². The summed E-state index contributed by atoms with van der Waals surface area (Å²) in [5, 5.41) is 18.8. The van der Waals surface area contributed by atoms with Gasteiger partial charge in [0.1, 0.15) is 6.04 Å². The molecule has 1 saturated heterocycles. The number of aliphatic imine (C=N–C) groups is 1. The fourth-order valence-electron chi connectivity index (χ4n) is 4.63. The third-order valence-electron chi connectivity index (χ3n) is 6.67. The zero-order chi connectivity index (χ0) is 27.9. The fraction of sp³-hybridized carbons (Fsp3) is 0.423. The molecule has 4 rings (SSSR count). The van der Waals surface area contributed by atoms with Gasteiger partial charge in [0, 0.05) is 51.0 Å². The van der Waals surface area contributed by atoms with Crippen molar-refractivity contribution in [1.82, 2.24) is 20.7 Å². The lowest BCUT2D eigenvalue weighted by atomic mass is 10.0. The van der Waals surface area contributed by atoms with E-state index in [1.807, 2.05) is 6.07 Å². The Labute approximate surface area is 227 Å². The first-order chi connectivity index (χ1) is 18.7. The summed E-state index contributed by atoms with van der Waals surface area (Å²) < 4.78 is 33.3. The third-order valence-corrected chi connectivity index (χ3v) is 8.16. The standard InChI is InChI=1S/C26H34N6O6S/c1-38-26(30-25-27-14-8-15-28-25)13-5-6-16-32(26)20-10-7-9-19(17-20)23(33)29-18-22(24(34)35)31-39(36,37)21-11-3-2-4-12-21/h2-4,7,9-12,17,22,31H,5-6,8,13-16,18H2,1H3,(H,29,33)(H,34,35)(H2,27,28,30). The van der Waals surface area contributed by atoms with Crippen LogP contribution in [0.4, 0.5) is 5.69 Å². The first-order valence-electron chi connectivity index (χ1n) is 12.8. The lowest BCUT2D eigenvalue weighted by Crippen LogP contribution is -2.66. The number of guanidine groups is 1. The van der Waals surface area contributed by atoms with Crippen molar-refractivity contribution in [2.45, 2.75) is 42.5 Å². The lowest BCUT2D eigenvalue weighted by Gasteiger charge is -2.48. The molecule has 2 aliphatic rings. The number of nitrogens with zero attached hydrogens (tertiary/aromatic N) is 2. The topological polar surface area (TPSA) is 161 Å². The second-order valence-electron chi connectivity index (χ2n) is 9.32. The zero-order valence-corrected chi connectivity index (χ0v) is 22.5. The normalized spacial score (nSPS) is 20.3. The molecule has 0 saturated carbocycles. The Bertz CT molecular complexity index is 1310. The van der Waals surface area contributed by atoms with Crippen LogP contribution in [0.25, 0.3) is 0 Å². The number of carboxylic acid groups (broad SMARTS) is 1. The largest absolute Gasteiger partial charge is 0.480 e. The van der Waals surface area contributed by atoms with Gasteiger partial charge in [0.25, 0.3) is 5.91 Å². The number of carbonyl (C=O) groups excluding carboxylic acids is 1. The summed E-state index contributed by atoms with van der Waals surface area (Å²) in [7, 11) is -2.46. The molecule has 2 aromatic carbocycles. The third kappa shape index (κ3) is 6.85. The Morgan fingerprint density at radius 3 is 2.64 bits per heavy atom. The first kappa shape index (κ1) is 28.3. The van der Waals surface area contributed by atoms with Crippen LogP contribution in [-0.4, -0.2) is 76.5 Å². The van der Waals surface area contributed by atoms with Crippen LogP contribution >= 0.6 is 0 Å². The summed E-state index contributed by atoms with van der Waals surface area (Å²) in [6, 6.07) is 12.8. The van der Waals surface area contributed by atoms with Crippen LogP contribution in [0, 0.1) is 0 Å². The monoisotopic (exact) mass is 558 g/mol. The van der Waals surface area contributed by atoms with Gasteiger partial charge in [-0.3, -0.25) is 14.6 Å².